The van der Waals surface area contributed by atoms with E-state index in [0.29, 0.717) is 29.7 Å². The molecule has 0 saturated carbocycles. The second kappa shape index (κ2) is 13.3. The molecule has 0 spiro atoms. The molecule has 3 N–H and O–H groups in total. The Bertz CT molecular complexity index is 1600. The number of nitrogens with one attached hydrogen (secondary N) is 1. The molecule has 40 heavy (non-hydrogen) atoms. The van der Waals surface area contributed by atoms with Crippen molar-refractivity contribution in [2.24, 2.45) is 4.99 Å². The maximum Gasteiger partial charge on any atom is 0.0900 e. The number of benzene rings is 4. The second-order valence-corrected chi connectivity index (χ2v) is 10.3. The van der Waals surface area contributed by atoms with Gasteiger partial charge in [-0.1, -0.05) is 35.3 Å². The number of anilines is 2. The first-order valence-corrected chi connectivity index (χ1v) is 14.0. The highest BCUT2D eigenvalue weighted by molar-refractivity contribution is 6.30. The average molecular weight is 577 g/mol. The van der Waals surface area contributed by atoms with Gasteiger partial charge in [0.25, 0.3) is 0 Å². The molecule has 0 bridgehead atoms. The molecule has 1 aliphatic carbocycles. The van der Waals surface area contributed by atoms with Gasteiger partial charge in [-0.05, 0) is 79.2 Å². The maximum atomic E-state index is 9.32. The van der Waals surface area contributed by atoms with Crippen molar-refractivity contribution >= 4 is 45.6 Å². The summed E-state index contributed by atoms with van der Waals surface area (Å²) in [7, 11) is 0. The summed E-state index contributed by atoms with van der Waals surface area (Å²) in [6.45, 7) is 2.48. The van der Waals surface area contributed by atoms with E-state index in [-0.39, 0.29) is 13.2 Å². The van der Waals surface area contributed by atoms with Crippen LogP contribution >= 0.6 is 23.2 Å². The third-order valence-electron chi connectivity index (χ3n) is 6.65. The Morgan fingerprint density at radius 1 is 0.825 bits per heavy atom. The number of hydrogen-bond acceptors (Lipinski definition) is 6. The Hall–Kier alpha value is -3.46. The molecule has 0 amide bonds. The first-order chi connectivity index (χ1) is 19.6. The summed E-state index contributed by atoms with van der Waals surface area (Å²) in [6.07, 6.45) is 0.783. The quantitative estimate of drug-likeness (QED) is 0.138. The van der Waals surface area contributed by atoms with Crippen molar-refractivity contribution in [3.8, 4) is 17.1 Å². The summed E-state index contributed by atoms with van der Waals surface area (Å²) < 4.78 is 2.18. The second-order valence-electron chi connectivity index (χ2n) is 9.43. The monoisotopic (exact) mass is 575 g/mol. The summed E-state index contributed by atoms with van der Waals surface area (Å²) in [5.41, 5.74) is 6.29. The van der Waals surface area contributed by atoms with Crippen molar-refractivity contribution in [2.75, 3.05) is 44.7 Å². The van der Waals surface area contributed by atoms with Gasteiger partial charge in [0, 0.05) is 47.6 Å². The van der Waals surface area contributed by atoms with Crippen LogP contribution in [0, 0.1) is 0 Å². The molecule has 5 rings (SSSR count). The van der Waals surface area contributed by atoms with E-state index in [9.17, 15) is 10.2 Å². The van der Waals surface area contributed by atoms with Gasteiger partial charge in [0.05, 0.1) is 46.7 Å². The van der Waals surface area contributed by atoms with Gasteiger partial charge in [-0.2, -0.15) is 0 Å². The highest BCUT2D eigenvalue weighted by Gasteiger charge is 2.16. The van der Waals surface area contributed by atoms with Crippen LogP contribution in [0.4, 0.5) is 11.4 Å². The van der Waals surface area contributed by atoms with Crippen LogP contribution in [-0.4, -0.2) is 64.1 Å². The third-order valence-corrected chi connectivity index (χ3v) is 7.16. The molecule has 0 atom stereocenters. The van der Waals surface area contributed by atoms with E-state index in [1.807, 2.05) is 77.7 Å². The van der Waals surface area contributed by atoms with E-state index in [0.717, 1.165) is 57.8 Å². The third kappa shape index (κ3) is 6.63. The van der Waals surface area contributed by atoms with Crippen LogP contribution in [0.2, 0.25) is 10.0 Å². The van der Waals surface area contributed by atoms with E-state index in [1.54, 1.807) is 0 Å². The van der Waals surface area contributed by atoms with Crippen LogP contribution in [0.5, 0.6) is 0 Å². The Morgan fingerprint density at radius 2 is 1.50 bits per heavy atom. The molecule has 9 heteroatoms. The number of fused-ring (bicyclic) bond motifs is 2. The largest absolute Gasteiger partial charge is 0.395 e. The van der Waals surface area contributed by atoms with E-state index in [2.05, 4.69) is 22.0 Å². The Balaban J connectivity index is 1.62. The van der Waals surface area contributed by atoms with Crippen LogP contribution in [0.15, 0.2) is 89.9 Å². The topological polar surface area (TPSA) is 85.9 Å². The van der Waals surface area contributed by atoms with Crippen LogP contribution < -0.4 is 10.7 Å². The molecule has 0 fully saturated rings. The number of hydrogen-bond donors (Lipinski definition) is 3. The predicted molar refractivity (Wildman–Crippen MR) is 163 cm³/mol. The maximum absolute atomic E-state index is 9.32. The molecule has 2 aliphatic rings. The first-order valence-electron chi connectivity index (χ1n) is 13.2. The lowest BCUT2D eigenvalue weighted by atomic mass is 10.1. The lowest BCUT2D eigenvalue weighted by molar-refractivity contribution is 0.160. The minimum Gasteiger partial charge on any atom is -0.395 e. The van der Waals surface area contributed by atoms with Crippen LogP contribution in [-0.2, 0) is 0 Å². The van der Waals surface area contributed by atoms with Gasteiger partial charge < -0.3 is 20.1 Å². The van der Waals surface area contributed by atoms with Crippen LogP contribution in [0.1, 0.15) is 6.42 Å². The summed E-state index contributed by atoms with van der Waals surface area (Å²) in [4.78, 5) is 12.0. The number of aliphatic hydroxyl groups is 2. The molecular weight excluding hydrogens is 545 g/mol. The Kier molecular flexibility index (Phi) is 9.31. The molecular formula is C31H31Cl2N5O2. The molecule has 0 saturated heterocycles. The molecule has 0 aromatic heterocycles. The summed E-state index contributed by atoms with van der Waals surface area (Å²) in [5, 5.41) is 24.3. The van der Waals surface area contributed by atoms with Crippen molar-refractivity contribution in [1.29, 1.82) is 0 Å². The summed E-state index contributed by atoms with van der Waals surface area (Å²) in [6, 6.07) is 27.5. The van der Waals surface area contributed by atoms with Gasteiger partial charge in [0.2, 0.25) is 0 Å². The lowest BCUT2D eigenvalue weighted by Crippen LogP contribution is -2.31. The molecule has 0 radical (unpaired) electrons. The number of para-hydroxylation sites is 2. The van der Waals surface area contributed by atoms with Crippen molar-refractivity contribution in [2.45, 2.75) is 6.42 Å². The van der Waals surface area contributed by atoms with E-state index < -0.39 is 0 Å². The van der Waals surface area contributed by atoms with Gasteiger partial charge >= 0.3 is 0 Å². The molecule has 3 aromatic rings. The van der Waals surface area contributed by atoms with E-state index in [1.165, 1.54) is 0 Å². The number of nitrogens with zero attached hydrogens (tertiary/aromatic N) is 4. The van der Waals surface area contributed by atoms with Gasteiger partial charge in [-0.3, -0.25) is 9.89 Å². The molecule has 3 aromatic carbocycles. The van der Waals surface area contributed by atoms with Crippen LogP contribution in [0.3, 0.4) is 0 Å². The fourth-order valence-corrected chi connectivity index (χ4v) is 4.99. The van der Waals surface area contributed by atoms with Gasteiger partial charge in [-0.25, -0.2) is 4.98 Å². The Labute approximate surface area is 243 Å². The zero-order valence-corrected chi connectivity index (χ0v) is 23.5. The standard InChI is InChI=1S/C31H31Cl2N5O2/c32-22-6-10-24(11-7-22)35-28-20-29-31(21-27(28)34-14-3-15-37(16-18-39)17-19-40)38(25-12-8-23(33)9-13-25)30-5-2-1-4-26(30)36-29/h1-2,4-13,20-21,35,39-40H,3,14-19H2. The van der Waals surface area contributed by atoms with E-state index in [4.69, 9.17) is 33.2 Å². The predicted octanol–water partition coefficient (Wildman–Crippen LogP) is 5.76. The molecule has 206 valence electrons. The SMILES string of the molecule is OCCN(CCO)CCCN=c1cc2n(-c3ccc(Cl)cc3)c3ccccc3nc-2cc1Nc1ccc(Cl)cc1. The Morgan fingerprint density at radius 3 is 2.20 bits per heavy atom. The smallest absolute Gasteiger partial charge is 0.0900 e. The number of aliphatic hydroxyl groups excluding tert-OH is 2. The summed E-state index contributed by atoms with van der Waals surface area (Å²) in [5.74, 6) is 0. The number of aromatic nitrogens is 2. The molecule has 1 heterocycles. The fraction of sp³-hybridized carbons (Fsp3) is 0.226. The zero-order valence-electron chi connectivity index (χ0n) is 22.0. The minimum atomic E-state index is 0.0582. The average Bonchev–Trinajstić information content (AvgIpc) is 2.96. The normalized spacial score (nSPS) is 12.1. The molecule has 1 aliphatic heterocycles. The van der Waals surface area contributed by atoms with E-state index >= 15 is 0 Å². The van der Waals surface area contributed by atoms with Gasteiger partial charge in [0.15, 0.2) is 0 Å². The zero-order chi connectivity index (χ0) is 27.9. The summed E-state index contributed by atoms with van der Waals surface area (Å²) >= 11 is 12.3. The highest BCUT2D eigenvalue weighted by Crippen LogP contribution is 2.31. The number of rotatable bonds is 11. The van der Waals surface area contributed by atoms with Crippen LogP contribution in [0.25, 0.3) is 28.1 Å². The lowest BCUT2D eigenvalue weighted by Gasteiger charge is -2.20. The van der Waals surface area contributed by atoms with Crippen molar-refractivity contribution in [1.82, 2.24) is 14.5 Å². The fourth-order valence-electron chi connectivity index (χ4n) is 4.74. The van der Waals surface area contributed by atoms with Gasteiger partial charge in [0.1, 0.15) is 0 Å². The van der Waals surface area contributed by atoms with Gasteiger partial charge in [-0.15, -0.1) is 0 Å². The molecule has 0 unspecified atom stereocenters. The molecule has 7 nitrogen and oxygen atoms in total. The number of halogens is 2. The highest BCUT2D eigenvalue weighted by atomic mass is 35.5. The van der Waals surface area contributed by atoms with Crippen molar-refractivity contribution < 1.29 is 10.2 Å². The van der Waals surface area contributed by atoms with Crippen molar-refractivity contribution in [3.63, 3.8) is 0 Å². The minimum absolute atomic E-state index is 0.0582. The van der Waals surface area contributed by atoms with Crippen molar-refractivity contribution in [3.05, 3.63) is 100 Å². The first kappa shape index (κ1) is 28.1.